The molecular weight excluding hydrogens is 370 g/mol. The minimum atomic E-state index is -0.0292. The van der Waals surface area contributed by atoms with E-state index in [1.807, 2.05) is 30.3 Å². The molecule has 0 spiro atoms. The van der Waals surface area contributed by atoms with Crippen LogP contribution in [0.3, 0.4) is 0 Å². The van der Waals surface area contributed by atoms with Crippen molar-refractivity contribution in [1.82, 2.24) is 9.38 Å². The zero-order valence-corrected chi connectivity index (χ0v) is 17.0. The minimum absolute atomic E-state index is 0.0292. The molecule has 0 unspecified atom stereocenters. The Morgan fingerprint density at radius 1 is 1.07 bits per heavy atom. The van der Waals surface area contributed by atoms with Crippen LogP contribution in [0.2, 0.25) is 0 Å². The molecule has 6 heteroatoms. The van der Waals surface area contributed by atoms with Crippen molar-refractivity contribution in [3.8, 4) is 0 Å². The van der Waals surface area contributed by atoms with Crippen LogP contribution in [0.1, 0.15) is 42.6 Å². The van der Waals surface area contributed by atoms with E-state index < -0.39 is 0 Å². The number of furan rings is 1. The predicted octanol–water partition coefficient (Wildman–Crippen LogP) is 4.05. The van der Waals surface area contributed by atoms with E-state index in [1.54, 1.807) is 4.40 Å². The number of rotatable bonds is 2. The number of benzene rings is 1. The minimum Gasteiger partial charge on any atom is -0.441 e. The Morgan fingerprint density at radius 2 is 1.82 bits per heavy atom. The summed E-state index contributed by atoms with van der Waals surface area (Å²) in [6, 6.07) is 8.07. The molecule has 28 heavy (non-hydrogen) atoms. The van der Waals surface area contributed by atoms with Gasteiger partial charge in [0.25, 0.3) is 5.56 Å². The first-order valence-electron chi connectivity index (χ1n) is 9.89. The fourth-order valence-corrected chi connectivity index (χ4v) is 4.90. The lowest BCUT2D eigenvalue weighted by Crippen LogP contribution is -2.23. The predicted molar refractivity (Wildman–Crippen MR) is 114 cm³/mol. The maximum absolute atomic E-state index is 13.0. The van der Waals surface area contributed by atoms with Crippen molar-refractivity contribution >= 4 is 39.3 Å². The molecule has 5 rings (SSSR count). The first-order valence-corrected chi connectivity index (χ1v) is 10.7. The molecule has 0 amide bonds. The first-order chi connectivity index (χ1) is 13.6. The van der Waals surface area contributed by atoms with E-state index in [4.69, 9.17) is 4.42 Å². The zero-order valence-electron chi connectivity index (χ0n) is 16.2. The molecule has 0 radical (unpaired) electrons. The Balaban J connectivity index is 1.56. The van der Waals surface area contributed by atoms with Crippen LogP contribution in [-0.4, -0.2) is 22.5 Å². The lowest BCUT2D eigenvalue weighted by molar-refractivity contribution is 0.535. The highest BCUT2D eigenvalue weighted by Crippen LogP contribution is 2.23. The van der Waals surface area contributed by atoms with Gasteiger partial charge in [0, 0.05) is 25.2 Å². The summed E-state index contributed by atoms with van der Waals surface area (Å²) in [5.41, 5.74) is 4.08. The number of hydrogen-bond donors (Lipinski definition) is 0. The molecule has 0 N–H and O–H groups in total. The summed E-state index contributed by atoms with van der Waals surface area (Å²) < 4.78 is 8.41. The molecule has 4 aromatic rings. The molecule has 1 saturated heterocycles. The van der Waals surface area contributed by atoms with E-state index in [2.05, 4.69) is 23.7 Å². The summed E-state index contributed by atoms with van der Waals surface area (Å²) in [6.45, 7) is 6.21. The van der Waals surface area contributed by atoms with Crippen LogP contribution < -0.4 is 15.0 Å². The van der Waals surface area contributed by atoms with Crippen LogP contribution in [0.15, 0.2) is 33.5 Å². The Bertz CT molecular complexity index is 1270. The average Bonchev–Trinajstić information content (AvgIpc) is 3.26. The number of fused-ring (bicyclic) bond motifs is 3. The molecule has 1 aliphatic heterocycles. The molecule has 144 valence electrons. The highest BCUT2D eigenvalue weighted by molar-refractivity contribution is 7.15. The Kier molecular flexibility index (Phi) is 4.23. The van der Waals surface area contributed by atoms with E-state index in [0.717, 1.165) is 40.7 Å². The van der Waals surface area contributed by atoms with Gasteiger partial charge in [-0.3, -0.25) is 4.79 Å². The van der Waals surface area contributed by atoms with Gasteiger partial charge >= 0.3 is 0 Å². The van der Waals surface area contributed by atoms with Gasteiger partial charge in [-0.25, -0.2) is 9.38 Å². The second kappa shape index (κ2) is 6.78. The normalized spacial score (nSPS) is 16.4. The van der Waals surface area contributed by atoms with Gasteiger partial charge < -0.3 is 9.32 Å². The lowest BCUT2D eigenvalue weighted by atomic mass is 10.1. The van der Waals surface area contributed by atoms with Crippen molar-refractivity contribution in [1.29, 1.82) is 0 Å². The van der Waals surface area contributed by atoms with Gasteiger partial charge in [0.15, 0.2) is 10.8 Å². The second-order valence-corrected chi connectivity index (χ2v) is 8.66. The van der Waals surface area contributed by atoms with E-state index in [0.29, 0.717) is 4.53 Å². The van der Waals surface area contributed by atoms with Crippen molar-refractivity contribution in [2.45, 2.75) is 39.5 Å². The summed E-state index contributed by atoms with van der Waals surface area (Å²) in [5.74, 6) is 1.62. The van der Waals surface area contributed by atoms with E-state index in [1.165, 1.54) is 48.1 Å². The maximum atomic E-state index is 13.0. The van der Waals surface area contributed by atoms with Gasteiger partial charge in [-0.15, -0.1) is 0 Å². The molecule has 0 saturated carbocycles. The van der Waals surface area contributed by atoms with Gasteiger partial charge in [0.05, 0.1) is 11.0 Å². The van der Waals surface area contributed by atoms with Crippen LogP contribution in [0, 0.1) is 13.8 Å². The van der Waals surface area contributed by atoms with Crippen LogP contribution in [-0.2, 0) is 0 Å². The highest BCUT2D eigenvalue weighted by Gasteiger charge is 2.15. The van der Waals surface area contributed by atoms with Crippen LogP contribution in [0.4, 0.5) is 5.88 Å². The molecule has 4 heterocycles. The number of hydrogen-bond acceptors (Lipinski definition) is 5. The van der Waals surface area contributed by atoms with Gasteiger partial charge in [0.2, 0.25) is 0 Å². The number of aryl methyl sites for hydroxylation is 2. The summed E-state index contributed by atoms with van der Waals surface area (Å²) in [5, 5.41) is 0. The lowest BCUT2D eigenvalue weighted by Gasteiger charge is -2.18. The monoisotopic (exact) mass is 393 g/mol. The third-order valence-corrected chi connectivity index (χ3v) is 6.63. The topological polar surface area (TPSA) is 50.8 Å². The standard InChI is InChI=1S/C22H23N3O2S/c1-14-11-17-18(12-15(14)2)25-21(26)19(28-22(25)23-17)13-16-7-8-20(27-16)24-9-5-3-4-6-10-24/h7-8,11-13H,3-6,9-10H2,1-2H3/b19-13-. The van der Waals surface area contributed by atoms with Gasteiger partial charge in [0.1, 0.15) is 10.3 Å². The summed E-state index contributed by atoms with van der Waals surface area (Å²) >= 11 is 1.41. The third kappa shape index (κ3) is 2.92. The van der Waals surface area contributed by atoms with Crippen molar-refractivity contribution in [3.63, 3.8) is 0 Å². The number of aromatic nitrogens is 2. The van der Waals surface area contributed by atoms with Gasteiger partial charge in [-0.05, 0) is 56.0 Å². The van der Waals surface area contributed by atoms with Crippen LogP contribution >= 0.6 is 11.3 Å². The molecule has 0 bridgehead atoms. The number of nitrogens with zero attached hydrogens (tertiary/aromatic N) is 3. The van der Waals surface area contributed by atoms with E-state index in [-0.39, 0.29) is 5.56 Å². The van der Waals surface area contributed by atoms with E-state index in [9.17, 15) is 4.79 Å². The largest absolute Gasteiger partial charge is 0.441 e. The SMILES string of the molecule is Cc1cc2nc3s/c(=C\c4ccc(N5CCCCCC5)o4)c(=O)n3c2cc1C. The smallest absolute Gasteiger partial charge is 0.275 e. The number of imidazole rings is 1. The molecule has 1 fully saturated rings. The number of anilines is 1. The molecule has 0 atom stereocenters. The summed E-state index contributed by atoms with van der Waals surface area (Å²) in [6.07, 6.45) is 6.84. The van der Waals surface area contributed by atoms with Crippen molar-refractivity contribution in [3.05, 3.63) is 56.0 Å². The van der Waals surface area contributed by atoms with Crippen molar-refractivity contribution < 1.29 is 4.42 Å². The molecule has 1 aromatic carbocycles. The Hall–Kier alpha value is -2.60. The third-order valence-electron chi connectivity index (χ3n) is 5.66. The summed E-state index contributed by atoms with van der Waals surface area (Å²) in [4.78, 5) is 20.7. The molecule has 3 aromatic heterocycles. The quantitative estimate of drug-likeness (QED) is 0.516. The van der Waals surface area contributed by atoms with Crippen molar-refractivity contribution in [2.75, 3.05) is 18.0 Å². The number of thiazole rings is 1. The van der Waals surface area contributed by atoms with Crippen LogP contribution in [0.25, 0.3) is 22.1 Å². The Morgan fingerprint density at radius 3 is 2.61 bits per heavy atom. The maximum Gasteiger partial charge on any atom is 0.275 e. The summed E-state index contributed by atoms with van der Waals surface area (Å²) in [7, 11) is 0. The molecule has 1 aliphatic rings. The Labute approximate surface area is 166 Å². The molecule has 5 nitrogen and oxygen atoms in total. The van der Waals surface area contributed by atoms with E-state index >= 15 is 0 Å². The van der Waals surface area contributed by atoms with Gasteiger partial charge in [-0.1, -0.05) is 24.2 Å². The van der Waals surface area contributed by atoms with Gasteiger partial charge in [-0.2, -0.15) is 0 Å². The highest BCUT2D eigenvalue weighted by atomic mass is 32.1. The second-order valence-electron chi connectivity index (χ2n) is 7.65. The fourth-order valence-electron chi connectivity index (χ4n) is 3.93. The van der Waals surface area contributed by atoms with Crippen molar-refractivity contribution in [2.24, 2.45) is 0 Å². The van der Waals surface area contributed by atoms with Crippen LogP contribution in [0.5, 0.6) is 0 Å². The fraction of sp³-hybridized carbons (Fsp3) is 0.364. The molecular formula is C22H23N3O2S. The first kappa shape index (κ1) is 17.5. The zero-order chi connectivity index (χ0) is 19.3. The molecule has 0 aliphatic carbocycles. The average molecular weight is 394 g/mol.